The van der Waals surface area contributed by atoms with Gasteiger partial charge in [0.15, 0.2) is 5.78 Å². The van der Waals surface area contributed by atoms with E-state index in [2.05, 4.69) is 0 Å². The number of halogens is 2. The van der Waals surface area contributed by atoms with Crippen LogP contribution in [0, 0.1) is 5.82 Å². The highest BCUT2D eigenvalue weighted by Crippen LogP contribution is 2.27. The number of hydrogen-bond donors (Lipinski definition) is 0. The molecule has 3 nitrogen and oxygen atoms in total. The first-order valence-electron chi connectivity index (χ1n) is 6.17. The summed E-state index contributed by atoms with van der Waals surface area (Å²) in [6.07, 6.45) is 1.22. The average Bonchev–Trinajstić information content (AvgIpc) is 2.43. The lowest BCUT2D eigenvalue weighted by molar-refractivity contribution is -0.151. The highest BCUT2D eigenvalue weighted by molar-refractivity contribution is 6.30. The van der Waals surface area contributed by atoms with E-state index in [1.807, 2.05) is 0 Å². The quantitative estimate of drug-likeness (QED) is 0.854. The Balaban J connectivity index is 2.12. The van der Waals surface area contributed by atoms with Crippen molar-refractivity contribution in [2.45, 2.75) is 24.9 Å². The van der Waals surface area contributed by atoms with Gasteiger partial charge in [-0.2, -0.15) is 0 Å². The largest absolute Gasteiger partial charge is 0.381 e. The summed E-state index contributed by atoms with van der Waals surface area (Å²) in [7, 11) is 1.53. The predicted molar refractivity (Wildman–Crippen MR) is 69.9 cm³/mol. The molecule has 0 saturated carbocycles. The van der Waals surface area contributed by atoms with Crippen LogP contribution in [0.25, 0.3) is 0 Å². The van der Waals surface area contributed by atoms with Crippen molar-refractivity contribution in [1.29, 1.82) is 0 Å². The maximum atomic E-state index is 13.4. The van der Waals surface area contributed by atoms with Gasteiger partial charge in [-0.05, 0) is 17.7 Å². The van der Waals surface area contributed by atoms with Gasteiger partial charge in [0.1, 0.15) is 11.4 Å². The molecule has 0 amide bonds. The van der Waals surface area contributed by atoms with Crippen molar-refractivity contribution in [3.8, 4) is 0 Å². The standard InChI is InChI=1S/C14H16ClFO3/c1-18-14(4-6-19-7-5-14)13(17)9-10-2-3-11(15)12(16)8-10/h2-3,8H,4-7,9H2,1H3. The first-order valence-corrected chi connectivity index (χ1v) is 6.55. The van der Waals surface area contributed by atoms with E-state index in [0.29, 0.717) is 31.6 Å². The third-order valence-electron chi connectivity index (χ3n) is 3.55. The number of benzene rings is 1. The van der Waals surface area contributed by atoms with Crippen LogP contribution >= 0.6 is 11.6 Å². The molecule has 1 aromatic carbocycles. The molecule has 1 saturated heterocycles. The third-order valence-corrected chi connectivity index (χ3v) is 3.85. The maximum absolute atomic E-state index is 13.4. The molecular weight excluding hydrogens is 271 g/mol. The van der Waals surface area contributed by atoms with Gasteiger partial charge in [0, 0.05) is 39.6 Å². The lowest BCUT2D eigenvalue weighted by Gasteiger charge is -2.34. The van der Waals surface area contributed by atoms with Crippen molar-refractivity contribution in [3.63, 3.8) is 0 Å². The summed E-state index contributed by atoms with van der Waals surface area (Å²) in [5.74, 6) is -0.551. The zero-order valence-electron chi connectivity index (χ0n) is 10.7. The van der Waals surface area contributed by atoms with Gasteiger partial charge in [0.25, 0.3) is 0 Å². The topological polar surface area (TPSA) is 35.5 Å². The fourth-order valence-corrected chi connectivity index (χ4v) is 2.41. The normalized spacial score (nSPS) is 18.3. The number of Topliss-reactive ketones (excluding diaryl/α,β-unsaturated/α-hetero) is 1. The average molecular weight is 287 g/mol. The molecular formula is C14H16ClFO3. The number of ether oxygens (including phenoxy) is 2. The van der Waals surface area contributed by atoms with Crippen molar-refractivity contribution in [2.75, 3.05) is 20.3 Å². The third kappa shape index (κ3) is 3.14. The summed E-state index contributed by atoms with van der Waals surface area (Å²) in [5, 5.41) is 0.0590. The molecule has 0 aromatic heterocycles. The maximum Gasteiger partial charge on any atom is 0.169 e. The van der Waals surface area contributed by atoms with Gasteiger partial charge < -0.3 is 9.47 Å². The van der Waals surface area contributed by atoms with Crippen LogP contribution in [0.1, 0.15) is 18.4 Å². The summed E-state index contributed by atoms with van der Waals surface area (Å²) in [5.41, 5.74) is -0.191. The van der Waals surface area contributed by atoms with E-state index in [9.17, 15) is 9.18 Å². The molecule has 1 aliphatic heterocycles. The van der Waals surface area contributed by atoms with Crippen LogP contribution in [0.15, 0.2) is 18.2 Å². The minimum absolute atomic E-state index is 0.0416. The Hall–Kier alpha value is -0.970. The fraction of sp³-hybridized carbons (Fsp3) is 0.500. The van der Waals surface area contributed by atoms with Gasteiger partial charge in [-0.15, -0.1) is 0 Å². The Kier molecular flexibility index (Phi) is 4.55. The summed E-state index contributed by atoms with van der Waals surface area (Å²) < 4.78 is 24.0. The number of carbonyl (C=O) groups is 1. The Bertz CT molecular complexity index is 470. The molecule has 0 bridgehead atoms. The Morgan fingerprint density at radius 2 is 2.16 bits per heavy atom. The second kappa shape index (κ2) is 5.99. The predicted octanol–water partition coefficient (Wildman–Crippen LogP) is 2.79. The van der Waals surface area contributed by atoms with Crippen molar-refractivity contribution < 1.29 is 18.7 Å². The minimum atomic E-state index is -0.797. The van der Waals surface area contributed by atoms with E-state index in [1.165, 1.54) is 19.2 Å². The zero-order chi connectivity index (χ0) is 13.9. The number of hydrogen-bond acceptors (Lipinski definition) is 3. The van der Waals surface area contributed by atoms with E-state index in [0.717, 1.165) is 0 Å². The number of rotatable bonds is 4. The van der Waals surface area contributed by atoms with Gasteiger partial charge in [0.2, 0.25) is 0 Å². The monoisotopic (exact) mass is 286 g/mol. The van der Waals surface area contributed by atoms with Crippen LogP contribution in [0.5, 0.6) is 0 Å². The van der Waals surface area contributed by atoms with Crippen LogP contribution in [-0.2, 0) is 20.7 Å². The van der Waals surface area contributed by atoms with Gasteiger partial charge in [-0.25, -0.2) is 4.39 Å². The molecule has 5 heteroatoms. The lowest BCUT2D eigenvalue weighted by atomic mass is 9.86. The van der Waals surface area contributed by atoms with Crippen LogP contribution in [0.4, 0.5) is 4.39 Å². The SMILES string of the molecule is COC1(C(=O)Cc2ccc(Cl)c(F)c2)CCOCC1. The van der Waals surface area contributed by atoms with E-state index >= 15 is 0 Å². The van der Waals surface area contributed by atoms with Gasteiger partial charge in [0.05, 0.1) is 5.02 Å². The van der Waals surface area contributed by atoms with Crippen LogP contribution in [-0.4, -0.2) is 31.7 Å². The molecule has 0 radical (unpaired) electrons. The first kappa shape index (κ1) is 14.4. The Morgan fingerprint density at radius 1 is 1.47 bits per heavy atom. The smallest absolute Gasteiger partial charge is 0.169 e. The van der Waals surface area contributed by atoms with Gasteiger partial charge in [-0.1, -0.05) is 17.7 Å². The Morgan fingerprint density at radius 3 is 2.74 bits per heavy atom. The van der Waals surface area contributed by atoms with Crippen LogP contribution in [0.3, 0.4) is 0 Å². The summed E-state index contributed by atoms with van der Waals surface area (Å²) in [6, 6.07) is 4.41. The van der Waals surface area contributed by atoms with Crippen molar-refractivity contribution in [2.24, 2.45) is 0 Å². The lowest BCUT2D eigenvalue weighted by Crippen LogP contribution is -2.46. The van der Waals surface area contributed by atoms with Crippen LogP contribution in [0.2, 0.25) is 5.02 Å². The first-order chi connectivity index (χ1) is 9.07. The van der Waals surface area contributed by atoms with E-state index in [4.69, 9.17) is 21.1 Å². The van der Waals surface area contributed by atoms with Crippen LogP contribution < -0.4 is 0 Å². The molecule has 1 aromatic rings. The number of carbonyl (C=O) groups excluding carboxylic acids is 1. The molecule has 0 N–H and O–H groups in total. The molecule has 0 atom stereocenters. The van der Waals surface area contributed by atoms with E-state index < -0.39 is 11.4 Å². The number of methoxy groups -OCH3 is 1. The summed E-state index contributed by atoms with van der Waals surface area (Å²) in [6.45, 7) is 1.02. The van der Waals surface area contributed by atoms with Gasteiger partial charge >= 0.3 is 0 Å². The molecule has 0 unspecified atom stereocenters. The molecule has 19 heavy (non-hydrogen) atoms. The second-order valence-electron chi connectivity index (χ2n) is 4.66. The molecule has 0 spiro atoms. The van der Waals surface area contributed by atoms with Crippen molar-refractivity contribution in [3.05, 3.63) is 34.6 Å². The minimum Gasteiger partial charge on any atom is -0.381 e. The van der Waals surface area contributed by atoms with E-state index in [1.54, 1.807) is 6.07 Å². The van der Waals surface area contributed by atoms with Crippen molar-refractivity contribution in [1.82, 2.24) is 0 Å². The van der Waals surface area contributed by atoms with E-state index in [-0.39, 0.29) is 17.2 Å². The summed E-state index contributed by atoms with van der Waals surface area (Å²) in [4.78, 5) is 12.4. The molecule has 1 heterocycles. The highest BCUT2D eigenvalue weighted by Gasteiger charge is 2.39. The molecule has 2 rings (SSSR count). The van der Waals surface area contributed by atoms with Crippen molar-refractivity contribution >= 4 is 17.4 Å². The number of ketones is 1. The Labute approximate surface area is 116 Å². The van der Waals surface area contributed by atoms with Gasteiger partial charge in [-0.3, -0.25) is 4.79 Å². The molecule has 1 fully saturated rings. The molecule has 1 aliphatic rings. The fourth-order valence-electron chi connectivity index (χ4n) is 2.29. The zero-order valence-corrected chi connectivity index (χ0v) is 11.5. The summed E-state index contributed by atoms with van der Waals surface area (Å²) >= 11 is 5.62. The highest BCUT2D eigenvalue weighted by atomic mass is 35.5. The molecule has 0 aliphatic carbocycles. The second-order valence-corrected chi connectivity index (χ2v) is 5.07. The molecule has 104 valence electrons.